The summed E-state index contributed by atoms with van der Waals surface area (Å²) in [6.45, 7) is 4.88. The molecule has 0 aliphatic carbocycles. The third-order valence-electron chi connectivity index (χ3n) is 14.5. The van der Waals surface area contributed by atoms with Crippen molar-refractivity contribution < 1.29 is 24.5 Å². The third-order valence-corrected chi connectivity index (χ3v) is 14.5. The van der Waals surface area contributed by atoms with Gasteiger partial charge in [-0.1, -0.05) is 295 Å². The van der Waals surface area contributed by atoms with Gasteiger partial charge >= 0.3 is 5.97 Å². The van der Waals surface area contributed by atoms with Gasteiger partial charge in [-0.2, -0.15) is 0 Å². The summed E-state index contributed by atoms with van der Waals surface area (Å²) in [5, 5.41) is 23.2. The maximum Gasteiger partial charge on any atom is 0.305 e. The predicted molar refractivity (Wildman–Crippen MR) is 301 cm³/mol. The second kappa shape index (κ2) is 58.9. The number of carbonyl (C=O) groups is 2. The molecule has 3 N–H and O–H groups in total. The van der Waals surface area contributed by atoms with Crippen LogP contribution in [-0.2, 0) is 14.3 Å². The summed E-state index contributed by atoms with van der Waals surface area (Å²) in [7, 11) is 0. The van der Waals surface area contributed by atoms with Crippen LogP contribution in [0.2, 0.25) is 0 Å². The highest BCUT2D eigenvalue weighted by Gasteiger charge is 2.18. The van der Waals surface area contributed by atoms with Crippen LogP contribution in [0, 0.1) is 0 Å². The Hall–Kier alpha value is -1.66. The summed E-state index contributed by atoms with van der Waals surface area (Å²) in [5.41, 5.74) is 0. The van der Waals surface area contributed by atoms with E-state index in [0.29, 0.717) is 19.4 Å². The first-order chi connectivity index (χ1) is 34.0. The highest BCUT2D eigenvalue weighted by atomic mass is 16.5. The number of aliphatic hydroxyl groups excluding tert-OH is 2. The van der Waals surface area contributed by atoms with Gasteiger partial charge in [-0.25, -0.2) is 0 Å². The molecule has 0 aromatic carbocycles. The van der Waals surface area contributed by atoms with Crippen LogP contribution in [0.25, 0.3) is 0 Å². The fourth-order valence-electron chi connectivity index (χ4n) is 9.69. The molecule has 0 bridgehead atoms. The fourth-order valence-corrected chi connectivity index (χ4v) is 9.69. The number of amides is 1. The topological polar surface area (TPSA) is 95.9 Å². The van der Waals surface area contributed by atoms with Gasteiger partial charge < -0.3 is 20.3 Å². The van der Waals surface area contributed by atoms with E-state index in [9.17, 15) is 19.8 Å². The van der Waals surface area contributed by atoms with Crippen LogP contribution in [-0.4, -0.2) is 47.4 Å². The molecule has 0 saturated heterocycles. The molecule has 6 heteroatoms. The van der Waals surface area contributed by atoms with Crippen LogP contribution in [0.3, 0.4) is 0 Å². The van der Waals surface area contributed by atoms with E-state index in [1.54, 1.807) is 6.08 Å². The minimum Gasteiger partial charge on any atom is -0.466 e. The van der Waals surface area contributed by atoms with E-state index in [-0.39, 0.29) is 18.5 Å². The van der Waals surface area contributed by atoms with Crippen molar-refractivity contribution in [3.8, 4) is 0 Å². The predicted octanol–water partition coefficient (Wildman–Crippen LogP) is 19.4. The zero-order valence-electron chi connectivity index (χ0n) is 46.6. The molecule has 69 heavy (non-hydrogen) atoms. The van der Waals surface area contributed by atoms with Crippen LogP contribution >= 0.6 is 0 Å². The van der Waals surface area contributed by atoms with Crippen molar-refractivity contribution >= 4 is 11.9 Å². The highest BCUT2D eigenvalue weighted by molar-refractivity contribution is 5.76. The van der Waals surface area contributed by atoms with Gasteiger partial charge in [0.25, 0.3) is 0 Å². The van der Waals surface area contributed by atoms with E-state index < -0.39 is 12.1 Å². The van der Waals surface area contributed by atoms with Gasteiger partial charge in [-0.3, -0.25) is 9.59 Å². The van der Waals surface area contributed by atoms with E-state index in [1.807, 2.05) is 6.08 Å². The first kappa shape index (κ1) is 67.3. The molecule has 0 fully saturated rings. The number of hydrogen-bond donors (Lipinski definition) is 3. The van der Waals surface area contributed by atoms with Gasteiger partial charge in [0.15, 0.2) is 0 Å². The summed E-state index contributed by atoms with van der Waals surface area (Å²) in [6, 6.07) is -0.643. The minimum atomic E-state index is -0.858. The summed E-state index contributed by atoms with van der Waals surface area (Å²) in [6.07, 6.45) is 72.1. The maximum absolute atomic E-state index is 12.5. The molecule has 0 aliphatic rings. The van der Waals surface area contributed by atoms with Crippen molar-refractivity contribution in [2.75, 3.05) is 13.2 Å². The second-order valence-corrected chi connectivity index (χ2v) is 21.4. The zero-order valence-corrected chi connectivity index (χ0v) is 46.6. The van der Waals surface area contributed by atoms with Crippen molar-refractivity contribution in [3.63, 3.8) is 0 Å². The molecule has 2 atom stereocenters. The Labute approximate surface area is 431 Å². The van der Waals surface area contributed by atoms with Crippen molar-refractivity contribution in [1.29, 1.82) is 0 Å². The number of aliphatic hydroxyl groups is 2. The van der Waals surface area contributed by atoms with Crippen molar-refractivity contribution in [2.45, 2.75) is 353 Å². The average Bonchev–Trinajstić information content (AvgIpc) is 3.35. The van der Waals surface area contributed by atoms with Gasteiger partial charge in [-0.05, 0) is 57.8 Å². The number of nitrogens with one attached hydrogen (secondary N) is 1. The normalized spacial score (nSPS) is 12.7. The Morgan fingerprint density at radius 2 is 0.681 bits per heavy atom. The molecule has 0 aromatic heterocycles. The van der Waals surface area contributed by atoms with Crippen molar-refractivity contribution in [3.05, 3.63) is 24.3 Å². The number of rotatable bonds is 58. The second-order valence-electron chi connectivity index (χ2n) is 21.4. The van der Waals surface area contributed by atoms with E-state index in [1.165, 1.54) is 257 Å². The molecule has 0 radical (unpaired) electrons. The molecule has 0 spiro atoms. The Bertz CT molecular complexity index is 1080. The molecule has 408 valence electrons. The number of ether oxygens (including phenoxy) is 1. The van der Waals surface area contributed by atoms with Crippen LogP contribution in [0.15, 0.2) is 24.3 Å². The largest absolute Gasteiger partial charge is 0.466 e. The Balaban J connectivity index is 3.48. The minimum absolute atomic E-state index is 0.0178. The van der Waals surface area contributed by atoms with E-state index in [4.69, 9.17) is 4.74 Å². The number of esters is 1. The maximum atomic E-state index is 12.5. The van der Waals surface area contributed by atoms with E-state index in [0.717, 1.165) is 57.8 Å². The molecule has 6 nitrogen and oxygen atoms in total. The summed E-state index contributed by atoms with van der Waals surface area (Å²) < 4.78 is 5.48. The van der Waals surface area contributed by atoms with E-state index >= 15 is 0 Å². The van der Waals surface area contributed by atoms with Gasteiger partial charge in [0.2, 0.25) is 5.91 Å². The van der Waals surface area contributed by atoms with Crippen LogP contribution in [0.1, 0.15) is 341 Å². The van der Waals surface area contributed by atoms with Crippen LogP contribution in [0.5, 0.6) is 0 Å². The van der Waals surface area contributed by atoms with Gasteiger partial charge in [0, 0.05) is 12.8 Å². The molecular weight excluding hydrogens is 851 g/mol. The molecular formula is C63H121NO5. The number of hydrogen-bond acceptors (Lipinski definition) is 5. The summed E-state index contributed by atoms with van der Waals surface area (Å²) in [5.74, 6) is -0.101. The Morgan fingerprint density at radius 3 is 1.03 bits per heavy atom. The van der Waals surface area contributed by atoms with Gasteiger partial charge in [0.1, 0.15) is 0 Å². The lowest BCUT2D eigenvalue weighted by Gasteiger charge is -2.20. The summed E-state index contributed by atoms with van der Waals surface area (Å²) in [4.78, 5) is 24.6. The molecule has 0 heterocycles. The molecule has 0 rings (SSSR count). The Kier molecular flexibility index (Phi) is 57.5. The number of allylic oxidation sites excluding steroid dienone is 3. The lowest BCUT2D eigenvalue weighted by molar-refractivity contribution is -0.143. The van der Waals surface area contributed by atoms with Crippen LogP contribution in [0.4, 0.5) is 0 Å². The first-order valence-corrected chi connectivity index (χ1v) is 31.1. The first-order valence-electron chi connectivity index (χ1n) is 31.1. The Morgan fingerprint density at radius 1 is 0.391 bits per heavy atom. The van der Waals surface area contributed by atoms with Gasteiger partial charge in [-0.15, -0.1) is 0 Å². The van der Waals surface area contributed by atoms with Crippen molar-refractivity contribution in [2.24, 2.45) is 0 Å². The smallest absolute Gasteiger partial charge is 0.305 e. The average molecular weight is 973 g/mol. The number of unbranched alkanes of at least 4 members (excludes halogenated alkanes) is 45. The monoisotopic (exact) mass is 972 g/mol. The quantitative estimate of drug-likeness (QED) is 0.0321. The lowest BCUT2D eigenvalue weighted by Crippen LogP contribution is -2.45. The number of carbonyl (C=O) groups excluding carboxylic acids is 2. The third kappa shape index (κ3) is 55.5. The molecule has 0 saturated carbocycles. The fraction of sp³-hybridized carbons (Fsp3) is 0.905. The zero-order chi connectivity index (χ0) is 50.0. The standard InChI is InChI=1S/C63H121NO5/c1-3-5-7-9-11-13-15-17-19-21-22-23-24-25-26-27-29-30-32-35-39-43-47-51-55-61(66)60(59-65)64-62(67)56-52-48-44-40-36-34-38-42-46-50-54-58-69-63(68)57-53-49-45-41-37-33-31-28-20-18-16-14-12-10-8-6-4-2/h18,20,51,55,60-61,65-66H,3-17,19,21-50,52-54,56-59H2,1-2H3,(H,64,67)/b20-18-,55-51+. The SMILES string of the molecule is CCCCCCCC/C=C\CCCCCCCCCC(=O)OCCCCCCCCCCCCCC(=O)NC(CO)C(O)/C=C/CCCCCCCCCCCCCCCCCCCCCCCC. The van der Waals surface area contributed by atoms with Crippen molar-refractivity contribution in [1.82, 2.24) is 5.32 Å². The molecule has 0 aliphatic heterocycles. The molecule has 1 amide bonds. The lowest BCUT2D eigenvalue weighted by atomic mass is 10.0. The summed E-state index contributed by atoms with van der Waals surface area (Å²) >= 11 is 0. The van der Waals surface area contributed by atoms with Gasteiger partial charge in [0.05, 0.1) is 25.4 Å². The van der Waals surface area contributed by atoms with E-state index in [2.05, 4.69) is 31.3 Å². The van der Waals surface area contributed by atoms with Crippen LogP contribution < -0.4 is 5.32 Å². The molecule has 2 unspecified atom stereocenters. The molecule has 0 aromatic rings. The highest BCUT2D eigenvalue weighted by Crippen LogP contribution is 2.17.